The van der Waals surface area contributed by atoms with Gasteiger partial charge in [-0.3, -0.25) is 4.79 Å². The van der Waals surface area contributed by atoms with E-state index < -0.39 is 10.0 Å². The number of methoxy groups -OCH3 is 1. The van der Waals surface area contributed by atoms with Crippen LogP contribution in [0.3, 0.4) is 0 Å². The van der Waals surface area contributed by atoms with Crippen LogP contribution in [0.4, 0.5) is 11.4 Å². The molecule has 10 nitrogen and oxygen atoms in total. The molecule has 2 aromatic carbocycles. The molecular formula is C22H27N3O7S. The molecule has 2 heterocycles. The number of fused-ring (bicyclic) bond motifs is 1. The van der Waals surface area contributed by atoms with E-state index >= 15 is 0 Å². The van der Waals surface area contributed by atoms with Crippen LogP contribution >= 0.6 is 0 Å². The van der Waals surface area contributed by atoms with Crippen molar-refractivity contribution in [1.29, 1.82) is 0 Å². The standard InChI is InChI=1S/C22H27N3O7S/c1-29-19-6-3-16(14-21(19)33(27,28)25-7-11-30-12-8-25)23-15-22(26)24-17-4-5-18-20(13-17)32-10-2-9-31-18/h3-6,13-14,23H,2,7-12,15H2,1H3,(H,24,26). The third-order valence-electron chi connectivity index (χ3n) is 5.24. The predicted octanol–water partition coefficient (Wildman–Crippen LogP) is 1.93. The van der Waals surface area contributed by atoms with E-state index in [1.165, 1.54) is 17.5 Å². The van der Waals surface area contributed by atoms with Crippen LogP contribution in [-0.4, -0.2) is 71.8 Å². The second kappa shape index (κ2) is 10.3. The van der Waals surface area contributed by atoms with Crippen LogP contribution < -0.4 is 24.8 Å². The summed E-state index contributed by atoms with van der Waals surface area (Å²) in [6.45, 7) is 2.34. The summed E-state index contributed by atoms with van der Waals surface area (Å²) >= 11 is 0. The Morgan fingerprint density at radius 2 is 1.73 bits per heavy atom. The number of ether oxygens (including phenoxy) is 4. The molecule has 1 amide bonds. The zero-order valence-corrected chi connectivity index (χ0v) is 19.2. The van der Waals surface area contributed by atoms with E-state index in [9.17, 15) is 13.2 Å². The van der Waals surface area contributed by atoms with Crippen LogP contribution in [0.5, 0.6) is 17.2 Å². The van der Waals surface area contributed by atoms with E-state index in [1.807, 2.05) is 0 Å². The highest BCUT2D eigenvalue weighted by atomic mass is 32.2. The topological polar surface area (TPSA) is 115 Å². The van der Waals surface area contributed by atoms with Gasteiger partial charge in [-0.1, -0.05) is 0 Å². The van der Waals surface area contributed by atoms with E-state index in [4.69, 9.17) is 18.9 Å². The molecule has 0 spiro atoms. The molecule has 11 heteroatoms. The van der Waals surface area contributed by atoms with Gasteiger partial charge in [-0.25, -0.2) is 8.42 Å². The van der Waals surface area contributed by atoms with Crippen molar-refractivity contribution in [3.63, 3.8) is 0 Å². The quantitative estimate of drug-likeness (QED) is 0.622. The highest BCUT2D eigenvalue weighted by Crippen LogP contribution is 2.32. The van der Waals surface area contributed by atoms with Crippen LogP contribution in [0.15, 0.2) is 41.3 Å². The zero-order valence-electron chi connectivity index (χ0n) is 18.3. The number of hydrogen-bond acceptors (Lipinski definition) is 8. The van der Waals surface area contributed by atoms with Crippen molar-refractivity contribution < 1.29 is 32.2 Å². The number of hydrogen-bond donors (Lipinski definition) is 2. The average Bonchev–Trinajstić information content (AvgIpc) is 3.08. The molecule has 2 aliphatic heterocycles. The van der Waals surface area contributed by atoms with Crippen LogP contribution in [0.25, 0.3) is 0 Å². The van der Waals surface area contributed by atoms with E-state index in [1.54, 1.807) is 30.3 Å². The molecule has 0 atom stereocenters. The van der Waals surface area contributed by atoms with Gasteiger partial charge in [0.15, 0.2) is 11.5 Å². The van der Waals surface area contributed by atoms with Crippen LogP contribution in [0.2, 0.25) is 0 Å². The van der Waals surface area contributed by atoms with Crippen molar-refractivity contribution in [3.05, 3.63) is 36.4 Å². The minimum absolute atomic E-state index is 0.0419. The molecule has 33 heavy (non-hydrogen) atoms. The number of sulfonamides is 1. The first kappa shape index (κ1) is 23.1. The summed E-state index contributed by atoms with van der Waals surface area (Å²) in [5, 5.41) is 5.77. The Labute approximate surface area is 192 Å². The monoisotopic (exact) mass is 477 g/mol. The van der Waals surface area contributed by atoms with Crippen molar-refractivity contribution in [1.82, 2.24) is 4.31 Å². The van der Waals surface area contributed by atoms with Crippen molar-refractivity contribution >= 4 is 27.3 Å². The molecule has 0 radical (unpaired) electrons. The second-order valence-electron chi connectivity index (χ2n) is 7.50. The van der Waals surface area contributed by atoms with Crippen LogP contribution in [0.1, 0.15) is 6.42 Å². The van der Waals surface area contributed by atoms with Gasteiger partial charge in [0.2, 0.25) is 15.9 Å². The Bertz CT molecular complexity index is 1100. The minimum Gasteiger partial charge on any atom is -0.495 e. The van der Waals surface area contributed by atoms with Gasteiger partial charge in [-0.15, -0.1) is 0 Å². The molecule has 1 fully saturated rings. The molecule has 1 saturated heterocycles. The number of carbonyl (C=O) groups excluding carboxylic acids is 1. The number of anilines is 2. The number of amides is 1. The lowest BCUT2D eigenvalue weighted by Gasteiger charge is -2.26. The van der Waals surface area contributed by atoms with E-state index in [0.29, 0.717) is 49.3 Å². The molecule has 0 aliphatic carbocycles. The van der Waals surface area contributed by atoms with Gasteiger partial charge in [-0.05, 0) is 30.3 Å². The zero-order chi connectivity index (χ0) is 23.3. The fourth-order valence-corrected chi connectivity index (χ4v) is 5.13. The summed E-state index contributed by atoms with van der Waals surface area (Å²) in [4.78, 5) is 12.5. The molecule has 4 rings (SSSR count). The lowest BCUT2D eigenvalue weighted by Crippen LogP contribution is -2.40. The van der Waals surface area contributed by atoms with Gasteiger partial charge in [0, 0.05) is 37.0 Å². The maximum absolute atomic E-state index is 13.1. The molecule has 2 N–H and O–H groups in total. The molecule has 0 unspecified atom stereocenters. The summed E-state index contributed by atoms with van der Waals surface area (Å²) in [5.41, 5.74) is 1.06. The SMILES string of the molecule is COc1ccc(NCC(=O)Nc2ccc3c(c2)OCCCO3)cc1S(=O)(=O)N1CCOCC1. The molecular weight excluding hydrogens is 450 g/mol. The number of carbonyl (C=O) groups is 1. The molecule has 0 bridgehead atoms. The van der Waals surface area contributed by atoms with Crippen molar-refractivity contribution in [2.75, 3.05) is 63.8 Å². The maximum Gasteiger partial charge on any atom is 0.246 e. The van der Waals surface area contributed by atoms with E-state index in [2.05, 4.69) is 10.6 Å². The number of morpholine rings is 1. The van der Waals surface area contributed by atoms with Crippen molar-refractivity contribution in [2.45, 2.75) is 11.3 Å². The Balaban J connectivity index is 1.42. The first-order chi connectivity index (χ1) is 16.0. The summed E-state index contributed by atoms with van der Waals surface area (Å²) in [7, 11) is -2.34. The summed E-state index contributed by atoms with van der Waals surface area (Å²) in [6.07, 6.45) is 0.797. The second-order valence-corrected chi connectivity index (χ2v) is 9.40. The Morgan fingerprint density at radius 3 is 2.48 bits per heavy atom. The molecule has 2 aromatic rings. The number of benzene rings is 2. The maximum atomic E-state index is 13.1. The Kier molecular flexibility index (Phi) is 7.21. The largest absolute Gasteiger partial charge is 0.495 e. The summed E-state index contributed by atoms with van der Waals surface area (Å²) in [6, 6.07) is 9.93. The summed E-state index contributed by atoms with van der Waals surface area (Å²) in [5.74, 6) is 1.18. The Morgan fingerprint density at radius 1 is 1.00 bits per heavy atom. The first-order valence-electron chi connectivity index (χ1n) is 10.7. The van der Waals surface area contributed by atoms with Gasteiger partial charge in [0.05, 0.1) is 40.1 Å². The van der Waals surface area contributed by atoms with Gasteiger partial charge >= 0.3 is 0 Å². The van der Waals surface area contributed by atoms with E-state index in [-0.39, 0.29) is 36.2 Å². The average molecular weight is 478 g/mol. The number of nitrogens with zero attached hydrogens (tertiary/aromatic N) is 1. The smallest absolute Gasteiger partial charge is 0.246 e. The first-order valence-corrected chi connectivity index (χ1v) is 12.1. The third-order valence-corrected chi connectivity index (χ3v) is 7.16. The minimum atomic E-state index is -3.76. The van der Waals surface area contributed by atoms with Crippen molar-refractivity contribution in [2.24, 2.45) is 0 Å². The lowest BCUT2D eigenvalue weighted by molar-refractivity contribution is -0.114. The van der Waals surface area contributed by atoms with Crippen LogP contribution in [-0.2, 0) is 19.6 Å². The molecule has 2 aliphatic rings. The molecule has 0 aromatic heterocycles. The van der Waals surface area contributed by atoms with Gasteiger partial charge in [0.1, 0.15) is 10.6 Å². The fourth-order valence-electron chi connectivity index (χ4n) is 3.54. The highest BCUT2D eigenvalue weighted by molar-refractivity contribution is 7.89. The van der Waals surface area contributed by atoms with Gasteiger partial charge < -0.3 is 29.6 Å². The number of nitrogens with one attached hydrogen (secondary N) is 2. The predicted molar refractivity (Wildman–Crippen MR) is 122 cm³/mol. The summed E-state index contributed by atoms with van der Waals surface area (Å²) < 4.78 is 49.3. The lowest BCUT2D eigenvalue weighted by atomic mass is 10.2. The fraction of sp³-hybridized carbons (Fsp3) is 0.409. The third kappa shape index (κ3) is 5.49. The number of rotatable bonds is 7. The van der Waals surface area contributed by atoms with Gasteiger partial charge in [-0.2, -0.15) is 4.31 Å². The van der Waals surface area contributed by atoms with Crippen LogP contribution in [0, 0.1) is 0 Å². The molecule has 178 valence electrons. The highest BCUT2D eigenvalue weighted by Gasteiger charge is 2.29. The van der Waals surface area contributed by atoms with E-state index in [0.717, 1.165) is 6.42 Å². The molecule has 0 saturated carbocycles. The Hall–Kier alpha value is -3.02. The normalized spacial score (nSPS) is 16.5. The van der Waals surface area contributed by atoms with Crippen molar-refractivity contribution in [3.8, 4) is 17.2 Å². The van der Waals surface area contributed by atoms with Gasteiger partial charge in [0.25, 0.3) is 0 Å².